The molecule has 0 saturated heterocycles. The van der Waals surface area contributed by atoms with Gasteiger partial charge in [-0.3, -0.25) is 0 Å². The second-order valence-electron chi connectivity index (χ2n) is 5.44. The summed E-state index contributed by atoms with van der Waals surface area (Å²) in [6, 6.07) is 4.92. The van der Waals surface area contributed by atoms with Crippen LogP contribution >= 0.6 is 11.6 Å². The Hall–Kier alpha value is -0.780. The maximum atomic E-state index is 12.7. The Bertz CT molecular complexity index is 599. The van der Waals surface area contributed by atoms with Crippen LogP contribution in [0, 0.1) is 5.92 Å². The number of ether oxygens (including phenoxy) is 1. The summed E-state index contributed by atoms with van der Waals surface area (Å²) >= 11 is 5.90. The molecule has 1 aromatic carbocycles. The lowest BCUT2D eigenvalue weighted by Crippen LogP contribution is -2.36. The molecule has 0 amide bonds. The van der Waals surface area contributed by atoms with Crippen LogP contribution in [-0.2, 0) is 15.9 Å². The fourth-order valence-electron chi connectivity index (χ4n) is 2.38. The minimum atomic E-state index is -3.49. The predicted molar refractivity (Wildman–Crippen MR) is 84.3 cm³/mol. The molecule has 1 fully saturated rings. The van der Waals surface area contributed by atoms with Crippen LogP contribution in [0.3, 0.4) is 0 Å². The lowest BCUT2D eigenvalue weighted by atomic mass is 10.2. The number of rotatable bonds is 7. The maximum Gasteiger partial charge on any atom is 0.243 e. The van der Waals surface area contributed by atoms with Crippen molar-refractivity contribution >= 4 is 21.6 Å². The molecule has 0 bridgehead atoms. The van der Waals surface area contributed by atoms with Crippen molar-refractivity contribution in [1.82, 2.24) is 4.31 Å². The van der Waals surface area contributed by atoms with Crippen LogP contribution in [-0.4, -0.2) is 32.4 Å². The Balaban J connectivity index is 2.31. The van der Waals surface area contributed by atoms with E-state index in [2.05, 4.69) is 0 Å². The van der Waals surface area contributed by atoms with Crippen molar-refractivity contribution in [3.8, 4) is 5.75 Å². The monoisotopic (exact) mass is 331 g/mol. The van der Waals surface area contributed by atoms with Gasteiger partial charge in [0.1, 0.15) is 5.75 Å². The van der Waals surface area contributed by atoms with E-state index in [1.165, 1.54) is 4.31 Å². The van der Waals surface area contributed by atoms with Crippen LogP contribution in [0.4, 0.5) is 0 Å². The fraction of sp³-hybridized carbons (Fsp3) is 0.600. The minimum Gasteiger partial charge on any atom is -0.494 e. The molecule has 6 heteroatoms. The van der Waals surface area contributed by atoms with E-state index >= 15 is 0 Å². The summed E-state index contributed by atoms with van der Waals surface area (Å²) in [4.78, 5) is 0.275. The average molecular weight is 332 g/mol. The van der Waals surface area contributed by atoms with Crippen molar-refractivity contribution in [3.05, 3.63) is 23.8 Å². The predicted octanol–water partition coefficient (Wildman–Crippen LogP) is 3.24. The summed E-state index contributed by atoms with van der Waals surface area (Å²) < 4.78 is 32.3. The molecule has 1 aromatic rings. The molecule has 0 aromatic heterocycles. The fourth-order valence-corrected chi connectivity index (χ4v) is 4.06. The number of sulfonamides is 1. The molecular weight excluding hydrogens is 310 g/mol. The third-order valence-electron chi connectivity index (χ3n) is 4.03. The molecule has 118 valence electrons. The van der Waals surface area contributed by atoms with Gasteiger partial charge in [-0.1, -0.05) is 0 Å². The summed E-state index contributed by atoms with van der Waals surface area (Å²) in [5.41, 5.74) is 0.701. The zero-order chi connectivity index (χ0) is 15.6. The highest BCUT2D eigenvalue weighted by Crippen LogP contribution is 2.36. The van der Waals surface area contributed by atoms with E-state index in [1.807, 2.05) is 13.8 Å². The van der Waals surface area contributed by atoms with Gasteiger partial charge in [-0.25, -0.2) is 8.42 Å². The number of hydrogen-bond donors (Lipinski definition) is 0. The zero-order valence-electron chi connectivity index (χ0n) is 12.7. The first kappa shape index (κ1) is 16.6. The summed E-state index contributed by atoms with van der Waals surface area (Å²) in [6.07, 6.45) is 2.22. The van der Waals surface area contributed by atoms with Gasteiger partial charge >= 0.3 is 0 Å². The van der Waals surface area contributed by atoms with Gasteiger partial charge in [0.2, 0.25) is 10.0 Å². The normalized spacial score (nSPS) is 17.0. The molecule has 0 heterocycles. The van der Waals surface area contributed by atoms with Gasteiger partial charge in [0.25, 0.3) is 0 Å². The van der Waals surface area contributed by atoms with Gasteiger partial charge < -0.3 is 4.74 Å². The molecule has 4 nitrogen and oxygen atoms in total. The van der Waals surface area contributed by atoms with Crippen molar-refractivity contribution in [3.63, 3.8) is 0 Å². The van der Waals surface area contributed by atoms with Crippen molar-refractivity contribution in [2.75, 3.05) is 13.7 Å². The Morgan fingerprint density at radius 3 is 2.62 bits per heavy atom. The number of alkyl halides is 1. The zero-order valence-corrected chi connectivity index (χ0v) is 14.2. The van der Waals surface area contributed by atoms with Gasteiger partial charge in [0.05, 0.1) is 17.4 Å². The second-order valence-corrected chi connectivity index (χ2v) is 7.70. The molecule has 0 N–H and O–H groups in total. The maximum absolute atomic E-state index is 12.7. The molecule has 0 spiro atoms. The van der Waals surface area contributed by atoms with E-state index in [-0.39, 0.29) is 16.8 Å². The van der Waals surface area contributed by atoms with E-state index in [4.69, 9.17) is 16.3 Å². The van der Waals surface area contributed by atoms with E-state index < -0.39 is 10.0 Å². The molecular formula is C15H22ClNO3S. The van der Waals surface area contributed by atoms with E-state index in [0.29, 0.717) is 23.8 Å². The summed E-state index contributed by atoms with van der Waals surface area (Å²) in [5.74, 6) is 1.35. The van der Waals surface area contributed by atoms with E-state index in [9.17, 15) is 8.42 Å². The molecule has 0 aliphatic heterocycles. The van der Waals surface area contributed by atoms with Gasteiger partial charge in [0.15, 0.2) is 0 Å². The SMILES string of the molecule is CCOc1ccc(S(=O)(=O)N(C)C(C)C2CC2)cc1CCl. The first-order chi connectivity index (χ1) is 9.91. The van der Waals surface area contributed by atoms with Gasteiger partial charge in [-0.15, -0.1) is 11.6 Å². The number of benzene rings is 1. The Morgan fingerprint density at radius 2 is 2.10 bits per heavy atom. The quantitative estimate of drug-likeness (QED) is 0.720. The molecule has 1 unspecified atom stereocenters. The Morgan fingerprint density at radius 1 is 1.43 bits per heavy atom. The Kier molecular flexibility index (Phi) is 5.17. The summed E-state index contributed by atoms with van der Waals surface area (Å²) in [6.45, 7) is 4.37. The average Bonchev–Trinajstić information content (AvgIpc) is 3.30. The highest BCUT2D eigenvalue weighted by molar-refractivity contribution is 7.89. The number of hydrogen-bond acceptors (Lipinski definition) is 3. The minimum absolute atomic E-state index is 0.0287. The number of nitrogens with zero attached hydrogens (tertiary/aromatic N) is 1. The van der Waals surface area contributed by atoms with Crippen LogP contribution < -0.4 is 4.74 Å². The van der Waals surface area contributed by atoms with Crippen LogP contribution in [0.25, 0.3) is 0 Å². The molecule has 1 saturated carbocycles. The second kappa shape index (κ2) is 6.55. The molecule has 1 atom stereocenters. The van der Waals surface area contributed by atoms with E-state index in [0.717, 1.165) is 12.8 Å². The van der Waals surface area contributed by atoms with Crippen LogP contribution in [0.15, 0.2) is 23.1 Å². The topological polar surface area (TPSA) is 46.6 Å². The van der Waals surface area contributed by atoms with Crippen LogP contribution in [0.5, 0.6) is 5.75 Å². The largest absolute Gasteiger partial charge is 0.494 e. The van der Waals surface area contributed by atoms with Crippen LogP contribution in [0.2, 0.25) is 0 Å². The summed E-state index contributed by atoms with van der Waals surface area (Å²) in [7, 11) is -1.84. The van der Waals surface area contributed by atoms with Crippen molar-refractivity contribution in [2.45, 2.75) is 43.5 Å². The molecule has 2 rings (SSSR count). The van der Waals surface area contributed by atoms with Gasteiger partial charge in [-0.2, -0.15) is 4.31 Å². The highest BCUT2D eigenvalue weighted by Gasteiger charge is 2.36. The third-order valence-corrected chi connectivity index (χ3v) is 6.26. The van der Waals surface area contributed by atoms with Crippen LogP contribution in [0.1, 0.15) is 32.3 Å². The molecule has 21 heavy (non-hydrogen) atoms. The first-order valence-electron chi connectivity index (χ1n) is 7.21. The lowest BCUT2D eigenvalue weighted by Gasteiger charge is -2.24. The third kappa shape index (κ3) is 3.52. The van der Waals surface area contributed by atoms with Crippen molar-refractivity contribution in [1.29, 1.82) is 0 Å². The lowest BCUT2D eigenvalue weighted by molar-refractivity contribution is 0.337. The number of halogens is 1. The van der Waals surface area contributed by atoms with Crippen molar-refractivity contribution in [2.24, 2.45) is 5.92 Å². The highest BCUT2D eigenvalue weighted by atomic mass is 35.5. The first-order valence-corrected chi connectivity index (χ1v) is 9.19. The van der Waals surface area contributed by atoms with Crippen molar-refractivity contribution < 1.29 is 13.2 Å². The van der Waals surface area contributed by atoms with Gasteiger partial charge in [0, 0.05) is 18.7 Å². The van der Waals surface area contributed by atoms with E-state index in [1.54, 1.807) is 25.2 Å². The molecule has 1 aliphatic carbocycles. The molecule has 0 radical (unpaired) electrons. The smallest absolute Gasteiger partial charge is 0.243 e. The Labute approximate surface area is 132 Å². The van der Waals surface area contributed by atoms with Gasteiger partial charge in [-0.05, 0) is 50.8 Å². The molecule has 1 aliphatic rings. The summed E-state index contributed by atoms with van der Waals surface area (Å²) in [5, 5.41) is 0. The standard InChI is InChI=1S/C15H22ClNO3S/c1-4-20-15-8-7-14(9-13(15)10-16)21(18,19)17(3)11(2)12-5-6-12/h7-9,11-12H,4-6,10H2,1-3H3.